The van der Waals surface area contributed by atoms with Crippen LogP contribution in [-0.2, 0) is 0 Å². The summed E-state index contributed by atoms with van der Waals surface area (Å²) in [4.78, 5) is 13.0. The zero-order valence-electron chi connectivity index (χ0n) is 11.6. The van der Waals surface area contributed by atoms with E-state index >= 15 is 0 Å². The Morgan fingerprint density at radius 1 is 1.00 bits per heavy atom. The summed E-state index contributed by atoms with van der Waals surface area (Å²) in [7, 11) is 0. The molecule has 2 nitrogen and oxygen atoms in total. The molecule has 1 aromatic rings. The van der Waals surface area contributed by atoms with Crippen LogP contribution in [0, 0.1) is 40.9 Å². The van der Waals surface area contributed by atoms with Crippen LogP contribution in [0.1, 0.15) is 48.0 Å². The normalized spacial score (nSPS) is 37.6. The molecule has 0 spiro atoms. The van der Waals surface area contributed by atoms with Crippen LogP contribution in [0.5, 0.6) is 0 Å². The molecule has 0 unspecified atom stereocenters. The fraction of sp³-hybridized carbons (Fsp3) is 0.556. The van der Waals surface area contributed by atoms with Crippen molar-refractivity contribution in [3.63, 3.8) is 0 Å². The highest BCUT2D eigenvalue weighted by Gasteiger charge is 2.50. The molecule has 0 radical (unpaired) electrons. The summed E-state index contributed by atoms with van der Waals surface area (Å²) in [6, 6.07) is 9.50. The Bertz CT molecular complexity index is 570. The predicted octanol–water partition coefficient (Wildman–Crippen LogP) is 3.81. The van der Waals surface area contributed by atoms with Crippen molar-refractivity contribution >= 4 is 5.78 Å². The highest BCUT2D eigenvalue weighted by Crippen LogP contribution is 2.57. The maximum atomic E-state index is 13.0. The molecular weight excluding hydrogens is 246 g/mol. The van der Waals surface area contributed by atoms with E-state index in [2.05, 4.69) is 6.07 Å². The van der Waals surface area contributed by atoms with Gasteiger partial charge in [-0.2, -0.15) is 5.26 Å². The summed E-state index contributed by atoms with van der Waals surface area (Å²) < 4.78 is 0. The number of carbonyl (C=O) groups is 1. The summed E-state index contributed by atoms with van der Waals surface area (Å²) in [6.07, 6.45) is 6.40. The number of rotatable bonds is 2. The standard InChI is InChI=1S/C18H19NO/c19-10-13-3-1-2-4-16(13)18(20)17-14-6-11-5-12(8-14)9-15(17)7-11/h1-4,11-12,14-15,17H,5-9H2. The van der Waals surface area contributed by atoms with Crippen LogP contribution < -0.4 is 0 Å². The van der Waals surface area contributed by atoms with Gasteiger partial charge in [-0.15, -0.1) is 0 Å². The largest absolute Gasteiger partial charge is 0.294 e. The smallest absolute Gasteiger partial charge is 0.167 e. The lowest BCUT2D eigenvalue weighted by atomic mass is 9.51. The Morgan fingerprint density at radius 3 is 2.20 bits per heavy atom. The zero-order valence-corrected chi connectivity index (χ0v) is 11.6. The van der Waals surface area contributed by atoms with Crippen LogP contribution in [0.25, 0.3) is 0 Å². The van der Waals surface area contributed by atoms with Crippen molar-refractivity contribution in [3.8, 4) is 6.07 Å². The lowest BCUT2D eigenvalue weighted by Gasteiger charge is -2.53. The van der Waals surface area contributed by atoms with E-state index in [1.165, 1.54) is 32.1 Å². The molecule has 5 rings (SSSR count). The summed E-state index contributed by atoms with van der Waals surface area (Å²) in [5, 5.41) is 9.22. The average Bonchev–Trinajstić information content (AvgIpc) is 2.46. The number of hydrogen-bond donors (Lipinski definition) is 0. The van der Waals surface area contributed by atoms with Crippen molar-refractivity contribution < 1.29 is 4.79 Å². The van der Waals surface area contributed by atoms with E-state index in [0.717, 1.165) is 11.8 Å². The van der Waals surface area contributed by atoms with E-state index < -0.39 is 0 Å². The molecule has 4 saturated carbocycles. The fourth-order valence-corrected chi connectivity index (χ4v) is 5.33. The van der Waals surface area contributed by atoms with Crippen molar-refractivity contribution in [1.29, 1.82) is 5.26 Å². The van der Waals surface area contributed by atoms with E-state index in [1.807, 2.05) is 18.2 Å². The Balaban J connectivity index is 1.68. The molecule has 0 amide bonds. The first-order valence-electron chi connectivity index (χ1n) is 7.79. The summed E-state index contributed by atoms with van der Waals surface area (Å²) >= 11 is 0. The quantitative estimate of drug-likeness (QED) is 0.763. The third kappa shape index (κ3) is 1.73. The molecule has 4 bridgehead atoms. The maximum absolute atomic E-state index is 13.0. The van der Waals surface area contributed by atoms with Gasteiger partial charge in [-0.3, -0.25) is 4.79 Å². The van der Waals surface area contributed by atoms with Crippen LogP contribution in [0.4, 0.5) is 0 Å². The summed E-state index contributed by atoms with van der Waals surface area (Å²) in [5.74, 6) is 3.38. The molecule has 4 fully saturated rings. The SMILES string of the molecule is N#Cc1ccccc1C(=O)C1C2CC3CC(C2)CC1C3. The second-order valence-electron chi connectivity index (χ2n) is 6.98. The van der Waals surface area contributed by atoms with Gasteiger partial charge in [-0.1, -0.05) is 18.2 Å². The minimum atomic E-state index is 0.192. The molecular formula is C18H19NO. The minimum absolute atomic E-state index is 0.192. The molecule has 102 valence electrons. The summed E-state index contributed by atoms with van der Waals surface area (Å²) in [6.45, 7) is 0. The Kier molecular flexibility index (Phi) is 2.70. The van der Waals surface area contributed by atoms with Crippen LogP contribution in [0.3, 0.4) is 0 Å². The lowest BCUT2D eigenvalue weighted by molar-refractivity contribution is -0.0251. The molecule has 0 atom stereocenters. The Labute approximate surface area is 119 Å². The van der Waals surface area contributed by atoms with E-state index in [0.29, 0.717) is 23.0 Å². The van der Waals surface area contributed by atoms with E-state index in [1.54, 1.807) is 6.07 Å². The third-order valence-electron chi connectivity index (χ3n) is 5.84. The van der Waals surface area contributed by atoms with Crippen LogP contribution in [0.2, 0.25) is 0 Å². The number of nitrogens with zero attached hydrogens (tertiary/aromatic N) is 1. The van der Waals surface area contributed by atoms with Crippen LogP contribution >= 0.6 is 0 Å². The van der Waals surface area contributed by atoms with Crippen molar-refractivity contribution in [2.75, 3.05) is 0 Å². The second-order valence-corrected chi connectivity index (χ2v) is 6.98. The third-order valence-corrected chi connectivity index (χ3v) is 5.84. The lowest BCUT2D eigenvalue weighted by Crippen LogP contribution is -2.48. The van der Waals surface area contributed by atoms with Crippen molar-refractivity contribution in [2.45, 2.75) is 32.1 Å². The monoisotopic (exact) mass is 265 g/mol. The first-order valence-corrected chi connectivity index (χ1v) is 7.79. The van der Waals surface area contributed by atoms with Crippen LogP contribution in [-0.4, -0.2) is 5.78 Å². The van der Waals surface area contributed by atoms with Gasteiger partial charge in [0.15, 0.2) is 5.78 Å². The van der Waals surface area contributed by atoms with Gasteiger partial charge in [0.05, 0.1) is 11.6 Å². The topological polar surface area (TPSA) is 40.9 Å². The van der Waals surface area contributed by atoms with Gasteiger partial charge in [-0.25, -0.2) is 0 Å². The van der Waals surface area contributed by atoms with Gasteiger partial charge in [-0.05, 0) is 61.8 Å². The van der Waals surface area contributed by atoms with Crippen molar-refractivity contribution in [1.82, 2.24) is 0 Å². The van der Waals surface area contributed by atoms with Gasteiger partial charge in [0, 0.05) is 11.5 Å². The van der Waals surface area contributed by atoms with Gasteiger partial charge >= 0.3 is 0 Å². The molecule has 20 heavy (non-hydrogen) atoms. The molecule has 4 aliphatic rings. The van der Waals surface area contributed by atoms with E-state index in [4.69, 9.17) is 0 Å². The average molecular weight is 265 g/mol. The Hall–Kier alpha value is -1.62. The number of carbonyl (C=O) groups excluding carboxylic acids is 1. The number of nitriles is 1. The van der Waals surface area contributed by atoms with Gasteiger partial charge in [0.25, 0.3) is 0 Å². The van der Waals surface area contributed by atoms with Gasteiger partial charge < -0.3 is 0 Å². The fourth-order valence-electron chi connectivity index (χ4n) is 5.33. The molecule has 2 heteroatoms. The first kappa shape index (κ1) is 12.1. The maximum Gasteiger partial charge on any atom is 0.167 e. The number of hydrogen-bond acceptors (Lipinski definition) is 2. The number of benzene rings is 1. The zero-order chi connectivity index (χ0) is 13.7. The number of ketones is 1. The van der Waals surface area contributed by atoms with E-state index in [-0.39, 0.29) is 11.7 Å². The molecule has 0 N–H and O–H groups in total. The van der Waals surface area contributed by atoms with Crippen molar-refractivity contribution in [3.05, 3.63) is 35.4 Å². The molecule has 4 aliphatic carbocycles. The van der Waals surface area contributed by atoms with Crippen molar-refractivity contribution in [2.24, 2.45) is 29.6 Å². The first-order chi connectivity index (χ1) is 9.76. The molecule has 0 saturated heterocycles. The van der Waals surface area contributed by atoms with Gasteiger partial charge in [0.1, 0.15) is 0 Å². The number of Topliss-reactive ketones (excluding diaryl/α,β-unsaturated/α-hetero) is 1. The molecule has 1 aromatic carbocycles. The van der Waals surface area contributed by atoms with E-state index in [9.17, 15) is 10.1 Å². The molecule has 0 aromatic heterocycles. The predicted molar refractivity (Wildman–Crippen MR) is 76.0 cm³/mol. The molecule has 0 aliphatic heterocycles. The molecule has 0 heterocycles. The van der Waals surface area contributed by atoms with Crippen LogP contribution in [0.15, 0.2) is 24.3 Å². The van der Waals surface area contributed by atoms with Gasteiger partial charge in [0.2, 0.25) is 0 Å². The summed E-state index contributed by atoms with van der Waals surface area (Å²) in [5.41, 5.74) is 1.21. The highest BCUT2D eigenvalue weighted by atomic mass is 16.1. The Morgan fingerprint density at radius 2 is 1.60 bits per heavy atom. The second kappa shape index (κ2) is 4.45. The highest BCUT2D eigenvalue weighted by molar-refractivity contribution is 6.00. The minimum Gasteiger partial charge on any atom is -0.294 e.